The summed E-state index contributed by atoms with van der Waals surface area (Å²) in [6.45, 7) is 4.42. The molecule has 0 heterocycles. The third kappa shape index (κ3) is 7.34. The Kier molecular flexibility index (Phi) is 4.66. The number of rotatable bonds is 4. The maximum Gasteiger partial charge on any atom is 0.236 e. The number of nitrogens with two attached hydrogens (primary N) is 1. The molecule has 0 saturated carbocycles. The van der Waals surface area contributed by atoms with E-state index in [0.717, 1.165) is 6.42 Å². The number of hydrogen-bond acceptors (Lipinski definition) is 1. The van der Waals surface area contributed by atoms with E-state index in [1.54, 1.807) is 0 Å². The van der Waals surface area contributed by atoms with Crippen molar-refractivity contribution >= 4 is 24.0 Å². The fourth-order valence-electron chi connectivity index (χ4n) is 0.590. The molecule has 0 aromatic rings. The fourth-order valence-corrected chi connectivity index (χ4v) is 0.685. The minimum Gasteiger partial charge on any atom is -0.370 e. The lowest BCUT2D eigenvalue weighted by Crippen LogP contribution is -2.34. The zero-order valence-electron chi connectivity index (χ0n) is 7.30. The van der Waals surface area contributed by atoms with E-state index >= 15 is 0 Å². The van der Waals surface area contributed by atoms with Crippen LogP contribution in [0, 0.1) is 0 Å². The van der Waals surface area contributed by atoms with Crippen molar-refractivity contribution in [3.63, 3.8) is 0 Å². The van der Waals surface area contributed by atoms with Gasteiger partial charge in [0.1, 0.15) is 0 Å². The summed E-state index contributed by atoms with van der Waals surface area (Å²) in [7, 11) is 0. The van der Waals surface area contributed by atoms with Crippen LogP contribution in [-0.4, -0.2) is 23.8 Å². The first-order chi connectivity index (χ1) is 5.45. The van der Waals surface area contributed by atoms with Crippen molar-refractivity contribution in [2.24, 2.45) is 10.7 Å². The van der Waals surface area contributed by atoms with Gasteiger partial charge in [-0.05, 0) is 20.3 Å². The number of amides is 1. The van der Waals surface area contributed by atoms with Crippen LogP contribution in [0.1, 0.15) is 20.3 Å². The lowest BCUT2D eigenvalue weighted by molar-refractivity contribution is -0.106. The van der Waals surface area contributed by atoms with Gasteiger partial charge < -0.3 is 11.1 Å². The number of hydrogen-bond donors (Lipinski definition) is 2. The van der Waals surface area contributed by atoms with E-state index in [2.05, 4.69) is 10.3 Å². The Morgan fingerprint density at radius 1 is 1.75 bits per heavy atom. The highest BCUT2D eigenvalue weighted by molar-refractivity contribution is 6.23. The van der Waals surface area contributed by atoms with Gasteiger partial charge in [0.2, 0.25) is 6.41 Å². The summed E-state index contributed by atoms with van der Waals surface area (Å²) in [5, 5.41) is 2.75. The van der Waals surface area contributed by atoms with Crippen LogP contribution in [0.2, 0.25) is 0 Å². The number of nitrogens with one attached hydrogen (secondary N) is 1. The molecule has 0 aromatic heterocycles. The molecule has 0 radical (unpaired) electrons. The molecule has 0 fully saturated rings. The third-order valence-electron chi connectivity index (χ3n) is 1.22. The van der Waals surface area contributed by atoms with E-state index in [-0.39, 0.29) is 10.8 Å². The third-order valence-corrected chi connectivity index (χ3v) is 1.41. The Balaban J connectivity index is 3.57. The maximum absolute atomic E-state index is 9.84. The van der Waals surface area contributed by atoms with E-state index < -0.39 is 0 Å². The molecule has 4 nitrogen and oxygen atoms in total. The van der Waals surface area contributed by atoms with Gasteiger partial charge in [-0.3, -0.25) is 4.79 Å². The lowest BCUT2D eigenvalue weighted by Gasteiger charge is -2.15. The van der Waals surface area contributed by atoms with Crippen molar-refractivity contribution in [3.05, 3.63) is 0 Å². The summed E-state index contributed by atoms with van der Waals surface area (Å²) in [5.74, 6) is 0.130. The number of alkyl halides is 1. The van der Waals surface area contributed by atoms with Gasteiger partial charge in [0.25, 0.3) is 0 Å². The van der Waals surface area contributed by atoms with Gasteiger partial charge in [0.05, 0.1) is 0 Å². The van der Waals surface area contributed by atoms with E-state index in [1.165, 1.54) is 0 Å². The molecule has 5 heteroatoms. The predicted molar refractivity (Wildman–Crippen MR) is 50.2 cm³/mol. The molecule has 0 unspecified atom stereocenters. The highest BCUT2D eigenvalue weighted by Gasteiger charge is 2.11. The van der Waals surface area contributed by atoms with Crippen molar-refractivity contribution in [1.82, 2.24) is 5.32 Å². The van der Waals surface area contributed by atoms with Gasteiger partial charge in [0, 0.05) is 11.4 Å². The molecular weight excluding hydrogens is 178 g/mol. The first-order valence-electron chi connectivity index (χ1n) is 3.65. The average Bonchev–Trinajstić information content (AvgIpc) is 1.84. The van der Waals surface area contributed by atoms with Crippen molar-refractivity contribution in [3.8, 4) is 0 Å². The van der Waals surface area contributed by atoms with Crippen LogP contribution in [-0.2, 0) is 4.79 Å². The Morgan fingerprint density at radius 2 is 2.33 bits per heavy atom. The van der Waals surface area contributed by atoms with E-state index in [9.17, 15) is 4.79 Å². The number of aliphatic imine (C=N–C) groups is 1. The second-order valence-electron chi connectivity index (χ2n) is 3.02. The number of halogens is 1. The summed E-state index contributed by atoms with van der Waals surface area (Å²) in [6.07, 6.45) is 1.15. The van der Waals surface area contributed by atoms with Gasteiger partial charge in [-0.25, -0.2) is 0 Å². The SMILES string of the molecule is CC(C)(Cl)CCN/C(N)=N/C=O. The van der Waals surface area contributed by atoms with Crippen LogP contribution >= 0.6 is 11.6 Å². The van der Waals surface area contributed by atoms with Crippen LogP contribution in [0.15, 0.2) is 4.99 Å². The van der Waals surface area contributed by atoms with Gasteiger partial charge in [-0.1, -0.05) is 0 Å². The first-order valence-corrected chi connectivity index (χ1v) is 4.03. The Hall–Kier alpha value is -0.770. The highest BCUT2D eigenvalue weighted by Crippen LogP contribution is 2.15. The second kappa shape index (κ2) is 4.98. The summed E-state index contributed by atoms with van der Waals surface area (Å²) < 4.78 is 0. The van der Waals surface area contributed by atoms with Gasteiger partial charge in [-0.2, -0.15) is 4.99 Å². The van der Waals surface area contributed by atoms with Crippen molar-refractivity contribution < 1.29 is 4.79 Å². The standard InChI is InChI=1S/C7H14ClN3O/c1-7(2,8)3-4-10-6(9)11-5-12/h5H,3-4H2,1-2H3,(H3,9,10,11,12). The first kappa shape index (κ1) is 11.2. The molecule has 0 aromatic carbocycles. The normalized spacial score (nSPS) is 12.8. The number of carbonyl (C=O) groups is 1. The zero-order valence-corrected chi connectivity index (χ0v) is 8.06. The molecule has 0 rings (SSSR count). The molecule has 0 atom stereocenters. The Labute approximate surface area is 77.2 Å². The zero-order chi connectivity index (χ0) is 9.61. The second-order valence-corrected chi connectivity index (χ2v) is 4.04. The molecule has 0 bridgehead atoms. The Morgan fingerprint density at radius 3 is 2.75 bits per heavy atom. The smallest absolute Gasteiger partial charge is 0.236 e. The summed E-state index contributed by atoms with van der Waals surface area (Å²) in [6, 6.07) is 0. The lowest BCUT2D eigenvalue weighted by atomic mass is 10.1. The van der Waals surface area contributed by atoms with Crippen molar-refractivity contribution in [1.29, 1.82) is 0 Å². The van der Waals surface area contributed by atoms with Crippen LogP contribution in [0.4, 0.5) is 0 Å². The molecule has 0 saturated heterocycles. The highest BCUT2D eigenvalue weighted by atomic mass is 35.5. The molecule has 0 aliphatic rings. The molecule has 70 valence electrons. The number of nitrogens with zero attached hydrogens (tertiary/aromatic N) is 1. The molecule has 1 amide bonds. The fraction of sp³-hybridized carbons (Fsp3) is 0.714. The van der Waals surface area contributed by atoms with Gasteiger partial charge >= 0.3 is 0 Å². The summed E-state index contributed by atoms with van der Waals surface area (Å²) >= 11 is 5.90. The van der Waals surface area contributed by atoms with Crippen molar-refractivity contribution in [2.45, 2.75) is 25.1 Å². The van der Waals surface area contributed by atoms with Gasteiger partial charge in [0.15, 0.2) is 5.96 Å². The van der Waals surface area contributed by atoms with E-state index in [1.807, 2.05) is 13.8 Å². The topological polar surface area (TPSA) is 67.5 Å². The van der Waals surface area contributed by atoms with Gasteiger partial charge in [-0.15, -0.1) is 11.6 Å². The molecule has 0 spiro atoms. The van der Waals surface area contributed by atoms with E-state index in [0.29, 0.717) is 13.0 Å². The van der Waals surface area contributed by atoms with Crippen LogP contribution in [0.5, 0.6) is 0 Å². The monoisotopic (exact) mass is 191 g/mol. The average molecular weight is 192 g/mol. The van der Waals surface area contributed by atoms with Crippen LogP contribution in [0.3, 0.4) is 0 Å². The number of guanidine groups is 1. The molecule has 0 aliphatic carbocycles. The molecular formula is C7H14ClN3O. The maximum atomic E-state index is 9.84. The van der Waals surface area contributed by atoms with E-state index in [4.69, 9.17) is 17.3 Å². The minimum absolute atomic E-state index is 0.130. The summed E-state index contributed by atoms with van der Waals surface area (Å²) in [4.78, 5) is 12.9. The van der Waals surface area contributed by atoms with Crippen LogP contribution < -0.4 is 11.1 Å². The summed E-state index contributed by atoms with van der Waals surface area (Å²) in [5.41, 5.74) is 5.28. The minimum atomic E-state index is -0.255. The van der Waals surface area contributed by atoms with Crippen molar-refractivity contribution in [2.75, 3.05) is 6.54 Å². The Bertz CT molecular complexity index is 174. The number of carbonyl (C=O) groups excluding carboxylic acids is 1. The molecule has 3 N–H and O–H groups in total. The molecule has 0 aliphatic heterocycles. The largest absolute Gasteiger partial charge is 0.370 e. The van der Waals surface area contributed by atoms with Crippen LogP contribution in [0.25, 0.3) is 0 Å². The quantitative estimate of drug-likeness (QED) is 0.294. The predicted octanol–water partition coefficient (Wildman–Crippen LogP) is 0.455. The molecule has 12 heavy (non-hydrogen) atoms.